The molecule has 20 heavy (non-hydrogen) atoms. The molecule has 7 heteroatoms. The summed E-state index contributed by atoms with van der Waals surface area (Å²) in [6.07, 6.45) is 0.333. The molecule has 0 heterocycles. The van der Waals surface area contributed by atoms with Crippen molar-refractivity contribution in [3.05, 3.63) is 33.9 Å². The van der Waals surface area contributed by atoms with E-state index in [2.05, 4.69) is 10.6 Å². The maximum absolute atomic E-state index is 11.4. The number of methoxy groups -OCH3 is 1. The number of rotatable bonds is 8. The normalized spacial score (nSPS) is 10.1. The van der Waals surface area contributed by atoms with Gasteiger partial charge in [-0.1, -0.05) is 0 Å². The van der Waals surface area contributed by atoms with E-state index in [9.17, 15) is 14.9 Å². The summed E-state index contributed by atoms with van der Waals surface area (Å²) in [5.74, 6) is -0.0619. The van der Waals surface area contributed by atoms with Crippen molar-refractivity contribution < 1.29 is 14.5 Å². The first kappa shape index (κ1) is 15.9. The fraction of sp³-hybridized carbons (Fsp3) is 0.462. The number of nitro benzene ring substituents is 1. The predicted molar refractivity (Wildman–Crippen MR) is 75.8 cm³/mol. The lowest BCUT2D eigenvalue weighted by molar-refractivity contribution is -0.385. The molecule has 0 saturated heterocycles. The Bertz CT molecular complexity index is 477. The highest BCUT2D eigenvalue weighted by molar-refractivity contribution is 5.76. The van der Waals surface area contributed by atoms with Gasteiger partial charge in [0.1, 0.15) is 0 Å². The van der Waals surface area contributed by atoms with Gasteiger partial charge in [-0.25, -0.2) is 0 Å². The van der Waals surface area contributed by atoms with Gasteiger partial charge in [-0.05, 0) is 19.1 Å². The number of nitro groups is 1. The molecular formula is C13H19N3O4. The number of carbonyl (C=O) groups excluding carboxylic acids is 1. The highest BCUT2D eigenvalue weighted by atomic mass is 16.6. The Hall–Kier alpha value is -2.15. The molecule has 110 valence electrons. The van der Waals surface area contributed by atoms with Crippen molar-refractivity contribution >= 4 is 17.3 Å². The monoisotopic (exact) mass is 281 g/mol. The minimum Gasteiger partial charge on any atom is -0.385 e. The standard InChI is InChI=1S/C13H19N3O4/c1-10-9-11(3-4-12(10)16(18)19)14-6-5-13(17)15-7-8-20-2/h3-4,9,14H,5-8H2,1-2H3,(H,15,17). The topological polar surface area (TPSA) is 93.5 Å². The van der Waals surface area contributed by atoms with Crippen LogP contribution in [0.3, 0.4) is 0 Å². The summed E-state index contributed by atoms with van der Waals surface area (Å²) in [7, 11) is 1.57. The molecule has 1 amide bonds. The Morgan fingerprint density at radius 2 is 2.15 bits per heavy atom. The number of nitrogens with zero attached hydrogens (tertiary/aromatic N) is 1. The summed E-state index contributed by atoms with van der Waals surface area (Å²) in [5.41, 5.74) is 1.44. The molecule has 0 saturated carbocycles. The van der Waals surface area contributed by atoms with Gasteiger partial charge < -0.3 is 15.4 Å². The van der Waals surface area contributed by atoms with Crippen molar-refractivity contribution in [2.75, 3.05) is 32.1 Å². The van der Waals surface area contributed by atoms with Gasteiger partial charge in [0, 0.05) is 43.9 Å². The van der Waals surface area contributed by atoms with Gasteiger partial charge in [0.2, 0.25) is 5.91 Å². The van der Waals surface area contributed by atoms with Crippen LogP contribution in [0.2, 0.25) is 0 Å². The molecule has 0 aliphatic heterocycles. The molecule has 0 fully saturated rings. The molecule has 0 aliphatic rings. The SMILES string of the molecule is COCCNC(=O)CCNc1ccc([N+](=O)[O-])c(C)c1. The molecule has 1 rings (SSSR count). The number of hydrogen-bond donors (Lipinski definition) is 2. The summed E-state index contributed by atoms with van der Waals surface area (Å²) in [6.45, 7) is 3.13. The Kier molecular flexibility index (Phi) is 6.45. The summed E-state index contributed by atoms with van der Waals surface area (Å²) in [5, 5.41) is 16.5. The molecule has 1 aromatic carbocycles. The van der Waals surface area contributed by atoms with E-state index in [1.807, 2.05) is 0 Å². The Balaban J connectivity index is 2.37. The van der Waals surface area contributed by atoms with E-state index in [4.69, 9.17) is 4.74 Å². The predicted octanol–water partition coefficient (Wildman–Crippen LogP) is 1.47. The molecule has 0 bridgehead atoms. The third-order valence-corrected chi connectivity index (χ3v) is 2.70. The highest BCUT2D eigenvalue weighted by Crippen LogP contribution is 2.21. The summed E-state index contributed by atoms with van der Waals surface area (Å²) in [6, 6.07) is 4.78. The summed E-state index contributed by atoms with van der Waals surface area (Å²) in [4.78, 5) is 21.7. The number of hydrogen-bond acceptors (Lipinski definition) is 5. The lowest BCUT2D eigenvalue weighted by atomic mass is 10.2. The maximum atomic E-state index is 11.4. The Labute approximate surface area is 117 Å². The molecule has 0 spiro atoms. The second kappa shape index (κ2) is 8.11. The first-order valence-electron chi connectivity index (χ1n) is 6.29. The third kappa shape index (κ3) is 5.23. The largest absolute Gasteiger partial charge is 0.385 e. The van der Waals surface area contributed by atoms with Crippen LogP contribution < -0.4 is 10.6 Å². The second-order valence-corrected chi connectivity index (χ2v) is 4.28. The summed E-state index contributed by atoms with van der Waals surface area (Å²) >= 11 is 0. The van der Waals surface area contributed by atoms with Crippen molar-refractivity contribution in [2.45, 2.75) is 13.3 Å². The number of aryl methyl sites for hydroxylation is 1. The minimum absolute atomic E-state index is 0.0619. The van der Waals surface area contributed by atoms with Gasteiger partial charge in [-0.2, -0.15) is 0 Å². The van der Waals surface area contributed by atoms with Gasteiger partial charge in [0.05, 0.1) is 11.5 Å². The molecule has 2 N–H and O–H groups in total. The summed E-state index contributed by atoms with van der Waals surface area (Å²) < 4.78 is 4.82. The smallest absolute Gasteiger partial charge is 0.272 e. The van der Waals surface area contributed by atoms with Crippen LogP contribution in [-0.2, 0) is 9.53 Å². The van der Waals surface area contributed by atoms with Crippen LogP contribution in [0.25, 0.3) is 0 Å². The van der Waals surface area contributed by atoms with Gasteiger partial charge in [0.15, 0.2) is 0 Å². The first-order valence-corrected chi connectivity index (χ1v) is 6.29. The lowest BCUT2D eigenvalue weighted by Gasteiger charge is -2.08. The van der Waals surface area contributed by atoms with Crippen molar-refractivity contribution in [3.63, 3.8) is 0 Å². The van der Waals surface area contributed by atoms with Crippen LogP contribution >= 0.6 is 0 Å². The van der Waals surface area contributed by atoms with Gasteiger partial charge in [0.25, 0.3) is 5.69 Å². The van der Waals surface area contributed by atoms with Crippen LogP contribution in [-0.4, -0.2) is 37.6 Å². The molecule has 0 radical (unpaired) electrons. The van der Waals surface area contributed by atoms with Crippen LogP contribution in [0.1, 0.15) is 12.0 Å². The molecule has 0 aromatic heterocycles. The van der Waals surface area contributed by atoms with Crippen molar-refractivity contribution in [1.82, 2.24) is 5.32 Å². The number of anilines is 1. The molecule has 7 nitrogen and oxygen atoms in total. The first-order chi connectivity index (χ1) is 9.54. The highest BCUT2D eigenvalue weighted by Gasteiger charge is 2.10. The van der Waals surface area contributed by atoms with Crippen molar-refractivity contribution in [2.24, 2.45) is 0 Å². The molecule has 0 unspecified atom stereocenters. The minimum atomic E-state index is -0.414. The van der Waals surface area contributed by atoms with E-state index in [1.165, 1.54) is 6.07 Å². The van der Waals surface area contributed by atoms with Crippen molar-refractivity contribution in [3.8, 4) is 0 Å². The van der Waals surface area contributed by atoms with E-state index in [0.29, 0.717) is 31.7 Å². The second-order valence-electron chi connectivity index (χ2n) is 4.28. The van der Waals surface area contributed by atoms with Gasteiger partial charge in [-0.15, -0.1) is 0 Å². The van der Waals surface area contributed by atoms with E-state index in [1.54, 1.807) is 26.2 Å². The molecular weight excluding hydrogens is 262 g/mol. The van der Waals surface area contributed by atoms with E-state index in [-0.39, 0.29) is 11.6 Å². The number of ether oxygens (including phenoxy) is 1. The third-order valence-electron chi connectivity index (χ3n) is 2.70. The zero-order valence-corrected chi connectivity index (χ0v) is 11.6. The van der Waals surface area contributed by atoms with Crippen LogP contribution in [0.15, 0.2) is 18.2 Å². The van der Waals surface area contributed by atoms with Gasteiger partial charge in [-0.3, -0.25) is 14.9 Å². The number of benzene rings is 1. The zero-order chi connectivity index (χ0) is 15.0. The Morgan fingerprint density at radius 1 is 1.40 bits per heavy atom. The molecule has 0 atom stereocenters. The van der Waals surface area contributed by atoms with E-state index >= 15 is 0 Å². The average Bonchev–Trinajstić information content (AvgIpc) is 2.38. The zero-order valence-electron chi connectivity index (χ0n) is 11.6. The number of nitrogens with one attached hydrogen (secondary N) is 2. The van der Waals surface area contributed by atoms with E-state index < -0.39 is 4.92 Å². The van der Waals surface area contributed by atoms with Gasteiger partial charge >= 0.3 is 0 Å². The maximum Gasteiger partial charge on any atom is 0.272 e. The fourth-order valence-electron chi connectivity index (χ4n) is 1.67. The molecule has 1 aromatic rings. The lowest BCUT2D eigenvalue weighted by Crippen LogP contribution is -2.28. The quantitative estimate of drug-likeness (QED) is 0.427. The fourth-order valence-corrected chi connectivity index (χ4v) is 1.67. The number of amides is 1. The van der Waals surface area contributed by atoms with Crippen LogP contribution in [0.5, 0.6) is 0 Å². The van der Waals surface area contributed by atoms with Crippen LogP contribution in [0.4, 0.5) is 11.4 Å². The van der Waals surface area contributed by atoms with Crippen molar-refractivity contribution in [1.29, 1.82) is 0 Å². The van der Waals surface area contributed by atoms with Crippen LogP contribution in [0, 0.1) is 17.0 Å². The molecule has 0 aliphatic carbocycles. The van der Waals surface area contributed by atoms with E-state index in [0.717, 1.165) is 5.69 Å². The number of carbonyl (C=O) groups is 1. The Morgan fingerprint density at radius 3 is 2.75 bits per heavy atom. The average molecular weight is 281 g/mol.